The van der Waals surface area contributed by atoms with Crippen LogP contribution in [0.2, 0.25) is 0 Å². The summed E-state index contributed by atoms with van der Waals surface area (Å²) in [5.74, 6) is 0.323. The molecule has 0 aliphatic rings. The predicted molar refractivity (Wildman–Crippen MR) is 137 cm³/mol. The zero-order chi connectivity index (χ0) is 24.7. The lowest BCUT2D eigenvalue weighted by molar-refractivity contribution is 0.0946. The van der Waals surface area contributed by atoms with Gasteiger partial charge in [0.15, 0.2) is 5.69 Å². The van der Waals surface area contributed by atoms with E-state index >= 15 is 0 Å². The molecule has 0 radical (unpaired) electrons. The molecule has 0 fully saturated rings. The fourth-order valence-corrected chi connectivity index (χ4v) is 3.76. The average molecular weight is 463 g/mol. The van der Waals surface area contributed by atoms with Gasteiger partial charge in [-0.25, -0.2) is 4.98 Å². The van der Waals surface area contributed by atoms with Crippen molar-refractivity contribution in [1.29, 1.82) is 0 Å². The van der Waals surface area contributed by atoms with Gasteiger partial charge >= 0.3 is 0 Å². The van der Waals surface area contributed by atoms with Gasteiger partial charge in [0.2, 0.25) is 5.89 Å². The second-order valence-electron chi connectivity index (χ2n) is 10.1. The Hall–Kier alpha value is -2.96. The maximum Gasteiger partial charge on any atom is 0.273 e. The smallest absolute Gasteiger partial charge is 0.273 e. The number of aromatic nitrogens is 1. The van der Waals surface area contributed by atoms with Gasteiger partial charge in [0, 0.05) is 25.7 Å². The van der Waals surface area contributed by atoms with E-state index in [0.29, 0.717) is 24.7 Å². The van der Waals surface area contributed by atoms with Gasteiger partial charge in [-0.2, -0.15) is 0 Å². The summed E-state index contributed by atoms with van der Waals surface area (Å²) in [5.41, 5.74) is 4.20. The monoisotopic (exact) mass is 462 g/mol. The molecule has 1 atom stereocenters. The van der Waals surface area contributed by atoms with Crippen LogP contribution in [0.15, 0.2) is 65.3 Å². The molecule has 3 rings (SSSR count). The quantitative estimate of drug-likeness (QED) is 0.458. The molecule has 3 aromatic rings. The largest absolute Gasteiger partial charge is 0.447 e. The third-order valence-electron chi connectivity index (χ3n) is 6.00. The number of hydrogen-bond donors (Lipinski definition) is 1. The maximum absolute atomic E-state index is 12.4. The van der Waals surface area contributed by atoms with Crippen LogP contribution in [-0.4, -0.2) is 47.9 Å². The normalized spacial score (nSPS) is 12.8. The number of rotatable bonds is 10. The Balaban J connectivity index is 1.75. The summed E-state index contributed by atoms with van der Waals surface area (Å²) >= 11 is 0. The molecule has 0 unspecified atom stereocenters. The number of hydrogen-bond acceptors (Lipinski definition) is 5. The van der Waals surface area contributed by atoms with Gasteiger partial charge in [-0.05, 0) is 43.1 Å². The van der Waals surface area contributed by atoms with Crippen molar-refractivity contribution in [3.05, 3.63) is 89.1 Å². The Morgan fingerprint density at radius 3 is 2.32 bits per heavy atom. The molecule has 0 saturated heterocycles. The van der Waals surface area contributed by atoms with Crippen LogP contribution in [0.3, 0.4) is 0 Å². The van der Waals surface area contributed by atoms with Crippen LogP contribution in [-0.2, 0) is 18.5 Å². The molecule has 2 aromatic carbocycles. The van der Waals surface area contributed by atoms with Crippen LogP contribution in [0.5, 0.6) is 0 Å². The summed E-state index contributed by atoms with van der Waals surface area (Å²) < 4.78 is 5.71. The Kier molecular flexibility index (Phi) is 8.64. The minimum atomic E-state index is -0.211. The van der Waals surface area contributed by atoms with Crippen LogP contribution in [0.1, 0.15) is 66.8 Å². The summed E-state index contributed by atoms with van der Waals surface area (Å²) in [6.45, 7) is 11.4. The van der Waals surface area contributed by atoms with Crippen LogP contribution >= 0.6 is 0 Å². The van der Waals surface area contributed by atoms with E-state index in [9.17, 15) is 4.79 Å². The minimum absolute atomic E-state index is 0.122. The Bertz CT molecular complexity index is 1040. The molecule has 34 heavy (non-hydrogen) atoms. The second kappa shape index (κ2) is 11.4. The highest BCUT2D eigenvalue weighted by atomic mass is 16.3. The first-order valence-corrected chi connectivity index (χ1v) is 11.9. The highest BCUT2D eigenvalue weighted by Crippen LogP contribution is 2.26. The van der Waals surface area contributed by atoms with Gasteiger partial charge in [-0.3, -0.25) is 9.69 Å². The number of carbonyl (C=O) groups is 1. The molecule has 6 nitrogen and oxygen atoms in total. The van der Waals surface area contributed by atoms with E-state index in [4.69, 9.17) is 4.42 Å². The highest BCUT2D eigenvalue weighted by molar-refractivity contribution is 5.91. The van der Waals surface area contributed by atoms with Gasteiger partial charge in [0.25, 0.3) is 5.91 Å². The summed E-state index contributed by atoms with van der Waals surface area (Å²) in [6.07, 6.45) is 1.45. The van der Waals surface area contributed by atoms with Crippen molar-refractivity contribution in [3.8, 4) is 0 Å². The van der Waals surface area contributed by atoms with E-state index in [0.717, 1.165) is 13.1 Å². The van der Waals surface area contributed by atoms with Crippen LogP contribution in [0.25, 0.3) is 0 Å². The third kappa shape index (κ3) is 7.27. The van der Waals surface area contributed by atoms with Gasteiger partial charge in [-0.15, -0.1) is 0 Å². The highest BCUT2D eigenvalue weighted by Gasteiger charge is 2.21. The van der Waals surface area contributed by atoms with Crippen molar-refractivity contribution in [2.45, 2.75) is 52.2 Å². The minimum Gasteiger partial charge on any atom is -0.447 e. The molecule has 0 aliphatic carbocycles. The van der Waals surface area contributed by atoms with Gasteiger partial charge < -0.3 is 14.6 Å². The molecule has 1 heterocycles. The van der Waals surface area contributed by atoms with E-state index in [1.54, 1.807) is 0 Å². The van der Waals surface area contributed by atoms with E-state index in [2.05, 4.69) is 91.4 Å². The van der Waals surface area contributed by atoms with E-state index in [-0.39, 0.29) is 17.4 Å². The lowest BCUT2D eigenvalue weighted by Gasteiger charge is -2.29. The molecule has 1 amide bonds. The van der Waals surface area contributed by atoms with Crippen LogP contribution in [0.4, 0.5) is 0 Å². The Morgan fingerprint density at radius 2 is 1.71 bits per heavy atom. The van der Waals surface area contributed by atoms with Gasteiger partial charge in [0.1, 0.15) is 6.26 Å². The van der Waals surface area contributed by atoms with Crippen LogP contribution in [0, 0.1) is 0 Å². The molecule has 6 heteroatoms. The second-order valence-corrected chi connectivity index (χ2v) is 10.1. The lowest BCUT2D eigenvalue weighted by Crippen LogP contribution is -2.31. The predicted octanol–water partition coefficient (Wildman–Crippen LogP) is 5.03. The van der Waals surface area contributed by atoms with E-state index in [1.807, 2.05) is 25.1 Å². The van der Waals surface area contributed by atoms with Crippen molar-refractivity contribution in [2.75, 3.05) is 27.2 Å². The molecule has 0 spiro atoms. The number of benzene rings is 2. The fraction of sp³-hybridized carbons (Fsp3) is 0.429. The molecule has 0 saturated carbocycles. The molecule has 1 aromatic heterocycles. The molecule has 0 bridgehead atoms. The first-order chi connectivity index (χ1) is 16.1. The van der Waals surface area contributed by atoms with Crippen molar-refractivity contribution in [1.82, 2.24) is 20.1 Å². The average Bonchev–Trinajstić information content (AvgIpc) is 3.27. The Labute approximate surface area is 204 Å². The molecule has 1 N–H and O–H groups in total. The van der Waals surface area contributed by atoms with Crippen molar-refractivity contribution in [2.24, 2.45) is 0 Å². The van der Waals surface area contributed by atoms with Gasteiger partial charge in [-0.1, -0.05) is 75.4 Å². The van der Waals surface area contributed by atoms with E-state index in [1.165, 1.54) is 23.0 Å². The van der Waals surface area contributed by atoms with Crippen molar-refractivity contribution < 1.29 is 9.21 Å². The topological polar surface area (TPSA) is 61.6 Å². The standard InChI is InChI=1S/C28H38N4O2/c1-21(23-10-8-7-9-11-23)32(18-22-12-14-24(15-13-22)28(2,3)4)19-26-30-25(20-34-26)27(33)29-16-17-31(5)6/h7-15,20-21H,16-19H2,1-6H3,(H,29,33)/t21-/m0/s1. The molecular formula is C28H38N4O2. The first kappa shape index (κ1) is 25.7. The number of nitrogens with one attached hydrogen (secondary N) is 1. The number of amides is 1. The lowest BCUT2D eigenvalue weighted by atomic mass is 9.86. The first-order valence-electron chi connectivity index (χ1n) is 11.9. The van der Waals surface area contributed by atoms with Crippen molar-refractivity contribution in [3.63, 3.8) is 0 Å². The Morgan fingerprint density at radius 1 is 1.03 bits per heavy atom. The zero-order valence-corrected chi connectivity index (χ0v) is 21.3. The number of carbonyl (C=O) groups excluding carboxylic acids is 1. The maximum atomic E-state index is 12.4. The third-order valence-corrected chi connectivity index (χ3v) is 6.00. The molecular weight excluding hydrogens is 424 g/mol. The summed E-state index contributed by atoms with van der Waals surface area (Å²) in [4.78, 5) is 21.2. The number of oxazole rings is 1. The molecule has 0 aliphatic heterocycles. The van der Waals surface area contributed by atoms with Gasteiger partial charge in [0.05, 0.1) is 6.54 Å². The zero-order valence-electron chi connectivity index (χ0n) is 21.3. The molecule has 182 valence electrons. The fourth-order valence-electron chi connectivity index (χ4n) is 3.76. The van der Waals surface area contributed by atoms with Crippen LogP contribution < -0.4 is 5.32 Å². The van der Waals surface area contributed by atoms with Crippen molar-refractivity contribution >= 4 is 5.91 Å². The summed E-state index contributed by atoms with van der Waals surface area (Å²) in [5, 5.41) is 2.89. The summed E-state index contributed by atoms with van der Waals surface area (Å²) in [6, 6.07) is 19.4. The number of likely N-dealkylation sites (N-methyl/N-ethyl adjacent to an activating group) is 1. The van der Waals surface area contributed by atoms with E-state index < -0.39 is 0 Å². The SMILES string of the molecule is C[C@@H](c1ccccc1)N(Cc1ccc(C(C)(C)C)cc1)Cc1nc(C(=O)NCCN(C)C)co1. The number of nitrogens with zero attached hydrogens (tertiary/aromatic N) is 3. The summed E-state index contributed by atoms with van der Waals surface area (Å²) in [7, 11) is 3.94.